The lowest BCUT2D eigenvalue weighted by atomic mass is 9.99. The fourth-order valence-electron chi connectivity index (χ4n) is 3.70. The lowest BCUT2D eigenvalue weighted by Crippen LogP contribution is -2.48. The van der Waals surface area contributed by atoms with E-state index < -0.39 is 18.0 Å². The molecule has 0 bridgehead atoms. The van der Waals surface area contributed by atoms with Crippen molar-refractivity contribution in [2.45, 2.75) is 58.6 Å². The van der Waals surface area contributed by atoms with Gasteiger partial charge in [-0.1, -0.05) is 13.0 Å². The summed E-state index contributed by atoms with van der Waals surface area (Å²) in [6.45, 7) is 6.19. The maximum absolute atomic E-state index is 12.8. The molecule has 1 saturated heterocycles. The average molecular weight is 412 g/mol. The van der Waals surface area contributed by atoms with E-state index in [1.165, 1.54) is 6.26 Å². The van der Waals surface area contributed by atoms with Gasteiger partial charge in [-0.2, -0.15) is 0 Å². The lowest BCUT2D eigenvalue weighted by Gasteiger charge is -2.36. The standard InChI is InChI=1S/C23H28N2O5/c1-4-18-8-5-6-12-25(18)22(27)16(3)30-23(28)17-11-10-15(2)19(14-17)24-21(26)20-9-7-13-29-20/h7,9-11,13-14,16,18H,4-6,8,12H2,1-3H3,(H,24,26). The normalized spacial score (nSPS) is 17.3. The van der Waals surface area contributed by atoms with Crippen LogP contribution in [0.1, 0.15) is 66.0 Å². The van der Waals surface area contributed by atoms with Gasteiger partial charge < -0.3 is 19.4 Å². The molecule has 7 heteroatoms. The summed E-state index contributed by atoms with van der Waals surface area (Å²) in [5.74, 6) is -0.996. The number of rotatable bonds is 6. The largest absolute Gasteiger partial charge is 0.459 e. The van der Waals surface area contributed by atoms with Crippen LogP contribution in [0.25, 0.3) is 0 Å². The van der Waals surface area contributed by atoms with Gasteiger partial charge in [0.1, 0.15) is 0 Å². The molecular formula is C23H28N2O5. The number of esters is 1. The van der Waals surface area contributed by atoms with Crippen LogP contribution in [0, 0.1) is 6.92 Å². The topological polar surface area (TPSA) is 88.9 Å². The van der Waals surface area contributed by atoms with Crippen molar-refractivity contribution in [1.82, 2.24) is 4.90 Å². The van der Waals surface area contributed by atoms with E-state index in [9.17, 15) is 14.4 Å². The van der Waals surface area contributed by atoms with Crippen LogP contribution in [-0.2, 0) is 9.53 Å². The maximum atomic E-state index is 12.8. The molecule has 2 heterocycles. The molecular weight excluding hydrogens is 384 g/mol. The molecule has 30 heavy (non-hydrogen) atoms. The van der Waals surface area contributed by atoms with Crippen LogP contribution in [0.4, 0.5) is 5.69 Å². The number of anilines is 1. The van der Waals surface area contributed by atoms with Gasteiger partial charge in [0.25, 0.3) is 11.8 Å². The molecule has 0 spiro atoms. The number of likely N-dealkylation sites (tertiary alicyclic amines) is 1. The zero-order valence-corrected chi connectivity index (χ0v) is 17.6. The van der Waals surface area contributed by atoms with Crippen molar-refractivity contribution in [1.29, 1.82) is 0 Å². The average Bonchev–Trinajstić information content (AvgIpc) is 3.29. The van der Waals surface area contributed by atoms with Crippen molar-refractivity contribution >= 4 is 23.5 Å². The Morgan fingerprint density at radius 3 is 2.77 bits per heavy atom. The molecule has 1 aliphatic heterocycles. The summed E-state index contributed by atoms with van der Waals surface area (Å²) in [5.41, 5.74) is 1.53. The van der Waals surface area contributed by atoms with E-state index in [0.29, 0.717) is 12.2 Å². The van der Waals surface area contributed by atoms with Gasteiger partial charge in [-0.05, 0) is 69.4 Å². The van der Waals surface area contributed by atoms with Crippen molar-refractivity contribution in [2.24, 2.45) is 0 Å². The van der Waals surface area contributed by atoms with Gasteiger partial charge >= 0.3 is 5.97 Å². The van der Waals surface area contributed by atoms with Crippen molar-refractivity contribution in [3.05, 3.63) is 53.5 Å². The van der Waals surface area contributed by atoms with Gasteiger partial charge in [-0.3, -0.25) is 9.59 Å². The predicted molar refractivity (Wildman–Crippen MR) is 112 cm³/mol. The first-order valence-electron chi connectivity index (χ1n) is 10.4. The molecule has 2 aromatic rings. The number of amides is 2. The van der Waals surface area contributed by atoms with Crippen LogP contribution in [0.3, 0.4) is 0 Å². The van der Waals surface area contributed by atoms with Crippen LogP contribution in [-0.4, -0.2) is 41.4 Å². The van der Waals surface area contributed by atoms with Gasteiger partial charge in [0.2, 0.25) is 0 Å². The third-order valence-corrected chi connectivity index (χ3v) is 5.48. The summed E-state index contributed by atoms with van der Waals surface area (Å²) >= 11 is 0. The molecule has 2 atom stereocenters. The second-order valence-electron chi connectivity index (χ2n) is 7.60. The van der Waals surface area contributed by atoms with Crippen LogP contribution >= 0.6 is 0 Å². The fraction of sp³-hybridized carbons (Fsp3) is 0.435. The number of nitrogens with zero attached hydrogens (tertiary/aromatic N) is 1. The third-order valence-electron chi connectivity index (χ3n) is 5.48. The number of benzene rings is 1. The quantitative estimate of drug-likeness (QED) is 0.719. The Morgan fingerprint density at radius 1 is 1.27 bits per heavy atom. The predicted octanol–water partition coefficient (Wildman–Crippen LogP) is 4.18. The van der Waals surface area contributed by atoms with Crippen LogP contribution < -0.4 is 5.32 Å². The number of furan rings is 1. The number of ether oxygens (including phenoxy) is 1. The van der Waals surface area contributed by atoms with E-state index >= 15 is 0 Å². The van der Waals surface area contributed by atoms with E-state index in [0.717, 1.165) is 31.2 Å². The molecule has 160 valence electrons. The smallest absolute Gasteiger partial charge is 0.338 e. The first-order valence-corrected chi connectivity index (χ1v) is 10.4. The van der Waals surface area contributed by atoms with E-state index in [2.05, 4.69) is 12.2 Å². The second-order valence-corrected chi connectivity index (χ2v) is 7.60. The molecule has 2 amide bonds. The molecule has 2 unspecified atom stereocenters. The number of carbonyl (C=O) groups is 3. The Balaban J connectivity index is 1.67. The highest BCUT2D eigenvalue weighted by Gasteiger charge is 2.30. The molecule has 1 aromatic heterocycles. The summed E-state index contributed by atoms with van der Waals surface area (Å²) in [6, 6.07) is 8.27. The van der Waals surface area contributed by atoms with Gasteiger partial charge in [-0.25, -0.2) is 4.79 Å². The molecule has 0 aliphatic carbocycles. The van der Waals surface area contributed by atoms with E-state index in [1.54, 1.807) is 37.3 Å². The summed E-state index contributed by atoms with van der Waals surface area (Å²) in [6.07, 6.45) is 4.51. The van der Waals surface area contributed by atoms with Crippen molar-refractivity contribution in [2.75, 3.05) is 11.9 Å². The molecule has 1 N–H and O–H groups in total. The maximum Gasteiger partial charge on any atom is 0.338 e. The Morgan fingerprint density at radius 2 is 2.07 bits per heavy atom. The van der Waals surface area contributed by atoms with Crippen molar-refractivity contribution in [3.8, 4) is 0 Å². The van der Waals surface area contributed by atoms with E-state index in [4.69, 9.17) is 9.15 Å². The van der Waals surface area contributed by atoms with Gasteiger partial charge in [0, 0.05) is 18.3 Å². The minimum absolute atomic E-state index is 0.159. The number of carbonyl (C=O) groups excluding carboxylic acids is 3. The molecule has 3 rings (SSSR count). The van der Waals surface area contributed by atoms with Crippen LogP contribution in [0.5, 0.6) is 0 Å². The zero-order chi connectivity index (χ0) is 21.7. The summed E-state index contributed by atoms with van der Waals surface area (Å²) < 4.78 is 10.5. The number of hydrogen-bond acceptors (Lipinski definition) is 5. The number of piperidine rings is 1. The third kappa shape index (κ3) is 4.90. The van der Waals surface area contributed by atoms with E-state index in [-0.39, 0.29) is 23.3 Å². The highest BCUT2D eigenvalue weighted by Crippen LogP contribution is 2.22. The van der Waals surface area contributed by atoms with Crippen molar-refractivity contribution in [3.63, 3.8) is 0 Å². The van der Waals surface area contributed by atoms with Gasteiger partial charge in [0.05, 0.1) is 11.8 Å². The fourth-order valence-corrected chi connectivity index (χ4v) is 3.70. The number of hydrogen-bond donors (Lipinski definition) is 1. The first kappa shape index (κ1) is 21.6. The Kier molecular flexibility index (Phi) is 6.92. The molecule has 7 nitrogen and oxygen atoms in total. The minimum atomic E-state index is -0.868. The Hall–Kier alpha value is -3.09. The van der Waals surface area contributed by atoms with Gasteiger partial charge in [-0.15, -0.1) is 0 Å². The summed E-state index contributed by atoms with van der Waals surface area (Å²) in [5, 5.41) is 2.73. The lowest BCUT2D eigenvalue weighted by molar-refractivity contribution is -0.143. The van der Waals surface area contributed by atoms with Crippen LogP contribution in [0.2, 0.25) is 0 Å². The number of nitrogens with one attached hydrogen (secondary N) is 1. The zero-order valence-electron chi connectivity index (χ0n) is 17.6. The molecule has 1 aromatic carbocycles. The molecule has 0 saturated carbocycles. The monoisotopic (exact) mass is 412 g/mol. The Bertz CT molecular complexity index is 906. The SMILES string of the molecule is CCC1CCCCN1C(=O)C(C)OC(=O)c1ccc(C)c(NC(=O)c2ccco2)c1. The van der Waals surface area contributed by atoms with Crippen LogP contribution in [0.15, 0.2) is 41.0 Å². The minimum Gasteiger partial charge on any atom is -0.459 e. The second kappa shape index (κ2) is 9.61. The van der Waals surface area contributed by atoms with Gasteiger partial charge in [0.15, 0.2) is 11.9 Å². The van der Waals surface area contributed by atoms with E-state index in [1.807, 2.05) is 11.8 Å². The summed E-state index contributed by atoms with van der Waals surface area (Å²) in [4.78, 5) is 39.5. The Labute approximate surface area is 176 Å². The molecule has 1 aliphatic rings. The summed E-state index contributed by atoms with van der Waals surface area (Å²) in [7, 11) is 0. The number of aryl methyl sites for hydroxylation is 1. The molecule has 0 radical (unpaired) electrons. The first-order chi connectivity index (χ1) is 14.4. The molecule has 1 fully saturated rings. The van der Waals surface area contributed by atoms with Crippen molar-refractivity contribution < 1.29 is 23.5 Å². The highest BCUT2D eigenvalue weighted by molar-refractivity contribution is 6.03. The highest BCUT2D eigenvalue weighted by atomic mass is 16.5.